The molecule has 0 bridgehead atoms. The lowest BCUT2D eigenvalue weighted by Crippen LogP contribution is -2.52. The van der Waals surface area contributed by atoms with E-state index < -0.39 is 36.0 Å². The molecule has 1 saturated heterocycles. The van der Waals surface area contributed by atoms with Crippen LogP contribution in [0.5, 0.6) is 0 Å². The second kappa shape index (κ2) is 8.97. The molecule has 8 nitrogen and oxygen atoms in total. The number of carbonyl (C=O) groups is 4. The van der Waals surface area contributed by atoms with E-state index in [4.69, 9.17) is 5.11 Å². The maximum atomic E-state index is 12.7. The predicted molar refractivity (Wildman–Crippen MR) is 116 cm³/mol. The van der Waals surface area contributed by atoms with Gasteiger partial charge in [0.1, 0.15) is 6.54 Å². The molecule has 2 N–H and O–H groups in total. The minimum absolute atomic E-state index is 0.0557. The minimum Gasteiger partial charge on any atom is -0.480 e. The lowest BCUT2D eigenvalue weighted by Gasteiger charge is -2.30. The van der Waals surface area contributed by atoms with Gasteiger partial charge in [-0.1, -0.05) is 36.4 Å². The summed E-state index contributed by atoms with van der Waals surface area (Å²) in [5.74, 6) is -4.69. The van der Waals surface area contributed by atoms with Gasteiger partial charge in [-0.05, 0) is 34.9 Å². The van der Waals surface area contributed by atoms with Crippen molar-refractivity contribution < 1.29 is 24.3 Å². The van der Waals surface area contributed by atoms with E-state index in [-0.39, 0.29) is 19.5 Å². The number of carbonyl (C=O) groups excluding carboxylic acids is 3. The molecule has 3 aromatic rings. The third-order valence-corrected chi connectivity index (χ3v) is 5.45. The summed E-state index contributed by atoms with van der Waals surface area (Å²) in [5.41, 5.74) is 3.86. The Balaban J connectivity index is 1.46. The van der Waals surface area contributed by atoms with Crippen molar-refractivity contribution in [2.45, 2.75) is 13.0 Å². The maximum Gasteiger partial charge on any atom is 0.322 e. The third-order valence-electron chi connectivity index (χ3n) is 5.45. The third kappa shape index (κ3) is 4.49. The fraction of sp³-hybridized carbons (Fsp3) is 0.208. The van der Waals surface area contributed by atoms with Crippen LogP contribution in [-0.2, 0) is 25.7 Å². The van der Waals surface area contributed by atoms with E-state index in [1.807, 2.05) is 48.5 Å². The zero-order chi connectivity index (χ0) is 22.7. The highest BCUT2D eigenvalue weighted by molar-refractivity contribution is 6.19. The number of aromatic nitrogens is 1. The van der Waals surface area contributed by atoms with Gasteiger partial charge < -0.3 is 15.3 Å². The molecule has 8 heteroatoms. The van der Waals surface area contributed by atoms with Crippen LogP contribution in [0.15, 0.2) is 60.8 Å². The molecule has 1 aromatic heterocycles. The first-order valence-electron chi connectivity index (χ1n) is 10.2. The average Bonchev–Trinajstić information content (AvgIpc) is 2.80. The van der Waals surface area contributed by atoms with Gasteiger partial charge in [0.05, 0.1) is 5.52 Å². The summed E-state index contributed by atoms with van der Waals surface area (Å²) in [6.45, 7) is -0.154. The van der Waals surface area contributed by atoms with E-state index in [2.05, 4.69) is 16.4 Å². The van der Waals surface area contributed by atoms with E-state index >= 15 is 0 Å². The monoisotopic (exact) mass is 431 g/mol. The molecule has 0 saturated carbocycles. The van der Waals surface area contributed by atoms with Crippen molar-refractivity contribution >= 4 is 34.5 Å². The second-order valence-corrected chi connectivity index (χ2v) is 7.63. The minimum atomic E-state index is -1.49. The Hall–Kier alpha value is -4.07. The molecule has 162 valence electrons. The number of rotatable bonds is 6. The van der Waals surface area contributed by atoms with Gasteiger partial charge >= 0.3 is 5.97 Å². The molecule has 1 aliphatic rings. The number of ketones is 1. The fourth-order valence-corrected chi connectivity index (χ4v) is 3.78. The number of pyridine rings is 1. The van der Waals surface area contributed by atoms with Crippen molar-refractivity contribution in [3.8, 4) is 11.1 Å². The van der Waals surface area contributed by atoms with E-state index in [1.165, 1.54) is 4.90 Å². The average molecular weight is 431 g/mol. The molecule has 0 spiro atoms. The predicted octanol–water partition coefficient (Wildman–Crippen LogP) is 2.02. The molecular weight excluding hydrogens is 410 g/mol. The molecule has 0 aliphatic carbocycles. The van der Waals surface area contributed by atoms with Crippen molar-refractivity contribution in [1.29, 1.82) is 0 Å². The molecule has 2 amide bonds. The summed E-state index contributed by atoms with van der Waals surface area (Å²) in [4.78, 5) is 53.5. The Kier molecular flexibility index (Phi) is 5.93. The van der Waals surface area contributed by atoms with Gasteiger partial charge in [-0.25, -0.2) is 0 Å². The summed E-state index contributed by atoms with van der Waals surface area (Å²) >= 11 is 0. The number of benzene rings is 2. The number of carboxylic acid groups (broad SMARTS) is 1. The Labute approximate surface area is 183 Å². The van der Waals surface area contributed by atoms with Crippen molar-refractivity contribution in [2.24, 2.45) is 5.92 Å². The van der Waals surface area contributed by atoms with Gasteiger partial charge in [0.15, 0.2) is 11.7 Å². The van der Waals surface area contributed by atoms with Crippen LogP contribution < -0.4 is 5.32 Å². The van der Waals surface area contributed by atoms with Crippen LogP contribution >= 0.6 is 0 Å². The largest absolute Gasteiger partial charge is 0.480 e. The van der Waals surface area contributed by atoms with Gasteiger partial charge in [0.25, 0.3) is 0 Å². The van der Waals surface area contributed by atoms with Gasteiger partial charge in [0.2, 0.25) is 11.8 Å². The second-order valence-electron chi connectivity index (χ2n) is 7.63. The first-order chi connectivity index (χ1) is 15.4. The van der Waals surface area contributed by atoms with Crippen molar-refractivity contribution in [3.63, 3.8) is 0 Å². The Morgan fingerprint density at radius 2 is 1.81 bits per heavy atom. The number of hydrogen-bond acceptors (Lipinski definition) is 5. The Morgan fingerprint density at radius 1 is 1.06 bits per heavy atom. The fourth-order valence-electron chi connectivity index (χ4n) is 3.78. The number of nitrogens with zero attached hydrogens (tertiary/aromatic N) is 2. The normalized spacial score (nSPS) is 16.2. The Morgan fingerprint density at radius 3 is 2.56 bits per heavy atom. The van der Waals surface area contributed by atoms with Crippen LogP contribution in [0.4, 0.5) is 0 Å². The van der Waals surface area contributed by atoms with Crippen molar-refractivity contribution in [2.75, 3.05) is 13.1 Å². The molecule has 1 aliphatic heterocycles. The van der Waals surface area contributed by atoms with E-state index in [1.54, 1.807) is 6.20 Å². The Bertz CT molecular complexity index is 1210. The van der Waals surface area contributed by atoms with Crippen LogP contribution in [0.25, 0.3) is 22.0 Å². The quantitative estimate of drug-likeness (QED) is 0.577. The highest BCUT2D eigenvalue weighted by atomic mass is 16.4. The van der Waals surface area contributed by atoms with Gasteiger partial charge in [-0.15, -0.1) is 0 Å². The molecule has 1 fully saturated rings. The molecule has 32 heavy (non-hydrogen) atoms. The van der Waals surface area contributed by atoms with Gasteiger partial charge in [-0.3, -0.25) is 24.2 Å². The van der Waals surface area contributed by atoms with Crippen molar-refractivity contribution in [3.05, 3.63) is 66.4 Å². The first-order valence-corrected chi connectivity index (χ1v) is 10.2. The number of carboxylic acids is 1. The highest BCUT2D eigenvalue weighted by Gasteiger charge is 2.40. The number of hydrogen-bond donors (Lipinski definition) is 2. The molecule has 2 aromatic carbocycles. The number of likely N-dealkylation sites (tertiary alicyclic amines) is 1. The van der Waals surface area contributed by atoms with E-state index in [0.717, 1.165) is 27.6 Å². The number of Topliss-reactive ketones (excluding diaryl/α,β-unsaturated/α-hetero) is 1. The summed E-state index contributed by atoms with van der Waals surface area (Å²) in [6, 6.07) is 17.7. The first kappa shape index (κ1) is 21.2. The van der Waals surface area contributed by atoms with Crippen LogP contribution in [0.3, 0.4) is 0 Å². The lowest BCUT2D eigenvalue weighted by atomic mass is 9.94. The molecular formula is C24H21N3O5. The smallest absolute Gasteiger partial charge is 0.322 e. The topological polar surface area (TPSA) is 117 Å². The molecule has 0 radical (unpaired) electrons. The van der Waals surface area contributed by atoms with E-state index in [9.17, 15) is 19.2 Å². The molecule has 2 heterocycles. The van der Waals surface area contributed by atoms with Crippen molar-refractivity contribution in [1.82, 2.24) is 15.2 Å². The summed E-state index contributed by atoms with van der Waals surface area (Å²) in [5, 5.41) is 11.9. The molecule has 4 rings (SSSR count). The zero-order valence-electron chi connectivity index (χ0n) is 17.2. The summed E-state index contributed by atoms with van der Waals surface area (Å²) < 4.78 is 0. The highest BCUT2D eigenvalue weighted by Crippen LogP contribution is 2.25. The number of piperidine rings is 1. The van der Waals surface area contributed by atoms with Crippen LogP contribution in [-0.4, -0.2) is 51.6 Å². The van der Waals surface area contributed by atoms with Crippen LogP contribution in [0.1, 0.15) is 12.0 Å². The summed E-state index contributed by atoms with van der Waals surface area (Å²) in [6.07, 6.45) is 1.81. The molecule has 1 unspecified atom stereocenters. The SMILES string of the molecule is O=C(O)CNC(=O)C1C(=O)CCN(Cc2ccc(-c3ccc4ncccc4c3)cc2)C1=O. The lowest BCUT2D eigenvalue weighted by molar-refractivity contribution is -0.152. The molecule has 1 atom stereocenters. The maximum absolute atomic E-state index is 12.7. The van der Waals surface area contributed by atoms with Crippen LogP contribution in [0, 0.1) is 5.92 Å². The van der Waals surface area contributed by atoms with Gasteiger partial charge in [0, 0.05) is 31.1 Å². The number of fused-ring (bicyclic) bond motifs is 1. The standard InChI is InChI=1S/C24H21N3O5/c28-20-9-11-27(24(32)22(20)23(31)26-13-21(29)30)14-15-3-5-16(6-4-15)17-7-8-19-18(12-17)2-1-10-25-19/h1-8,10,12,22H,9,11,13-14H2,(H,26,31)(H,29,30). The van der Waals surface area contributed by atoms with Crippen LogP contribution in [0.2, 0.25) is 0 Å². The van der Waals surface area contributed by atoms with E-state index in [0.29, 0.717) is 0 Å². The summed E-state index contributed by atoms with van der Waals surface area (Å²) in [7, 11) is 0. The zero-order valence-corrected chi connectivity index (χ0v) is 17.2. The number of amides is 2. The van der Waals surface area contributed by atoms with Gasteiger partial charge in [-0.2, -0.15) is 0 Å². The number of aliphatic carboxylic acids is 1. The number of nitrogens with one attached hydrogen (secondary N) is 1.